The summed E-state index contributed by atoms with van der Waals surface area (Å²) in [6.45, 7) is 0. The molecule has 2 aromatic heterocycles. The van der Waals surface area contributed by atoms with E-state index in [-0.39, 0.29) is 18.3 Å². The van der Waals surface area contributed by atoms with Crippen molar-refractivity contribution in [3.63, 3.8) is 0 Å². The summed E-state index contributed by atoms with van der Waals surface area (Å²) >= 11 is 1.34. The van der Waals surface area contributed by atoms with Crippen LogP contribution in [0.25, 0.3) is 17.3 Å². The maximum atomic E-state index is 12.1. The maximum absolute atomic E-state index is 12.1. The van der Waals surface area contributed by atoms with Gasteiger partial charge in [0.05, 0.1) is 26.3 Å². The number of thiazole rings is 1. The van der Waals surface area contributed by atoms with Crippen molar-refractivity contribution in [3.05, 3.63) is 59.4 Å². The van der Waals surface area contributed by atoms with Crippen LogP contribution in [0.5, 0.6) is 5.75 Å². The number of nitrogens with one attached hydrogen (secondary N) is 1. The quantitative estimate of drug-likeness (QED) is 0.441. The minimum absolute atomic E-state index is 0.244. The highest BCUT2D eigenvalue weighted by molar-refractivity contribution is 7.14. The third kappa shape index (κ3) is 5.79. The topological polar surface area (TPSA) is 90.7 Å². The third-order valence-corrected chi connectivity index (χ3v) is 4.76. The number of esters is 1. The lowest BCUT2D eigenvalue weighted by atomic mass is 10.2. The van der Waals surface area contributed by atoms with Gasteiger partial charge in [0, 0.05) is 23.4 Å². The summed E-state index contributed by atoms with van der Waals surface area (Å²) in [6, 6.07) is 11.0. The van der Waals surface area contributed by atoms with E-state index in [2.05, 4.69) is 15.0 Å². The lowest BCUT2D eigenvalue weighted by Crippen LogP contribution is -2.07. The van der Waals surface area contributed by atoms with Crippen molar-refractivity contribution in [1.82, 2.24) is 4.98 Å². The number of furan rings is 1. The molecular weight excluding hydrogens is 392 g/mol. The smallest absolute Gasteiger partial charge is 0.305 e. The van der Waals surface area contributed by atoms with Gasteiger partial charge in [-0.05, 0) is 42.5 Å². The Morgan fingerprint density at radius 3 is 2.69 bits per heavy atom. The summed E-state index contributed by atoms with van der Waals surface area (Å²) in [5, 5.41) is 5.11. The molecule has 0 atom stereocenters. The average molecular weight is 412 g/mol. The Kier molecular flexibility index (Phi) is 6.80. The highest BCUT2D eigenvalue weighted by atomic mass is 32.1. The molecule has 1 amide bonds. The van der Waals surface area contributed by atoms with Gasteiger partial charge in [0.25, 0.3) is 0 Å². The minimum atomic E-state index is -0.312. The lowest BCUT2D eigenvalue weighted by molar-refractivity contribution is -0.140. The van der Waals surface area contributed by atoms with Crippen LogP contribution < -0.4 is 10.1 Å². The van der Waals surface area contributed by atoms with E-state index < -0.39 is 0 Å². The van der Waals surface area contributed by atoms with Crippen LogP contribution in [-0.2, 0) is 20.7 Å². The van der Waals surface area contributed by atoms with Gasteiger partial charge in [-0.25, -0.2) is 4.98 Å². The Morgan fingerprint density at radius 2 is 1.97 bits per heavy atom. The Balaban J connectivity index is 1.55. The van der Waals surface area contributed by atoms with Crippen molar-refractivity contribution in [2.75, 3.05) is 19.5 Å². The maximum Gasteiger partial charge on any atom is 0.305 e. The molecule has 0 aliphatic heterocycles. The first-order chi connectivity index (χ1) is 14.1. The number of aryl methyl sites for hydroxylation is 1. The Labute approximate surface area is 172 Å². The zero-order valence-electron chi connectivity index (χ0n) is 16.0. The van der Waals surface area contributed by atoms with Crippen LogP contribution in [0.2, 0.25) is 0 Å². The predicted molar refractivity (Wildman–Crippen MR) is 111 cm³/mol. The summed E-state index contributed by atoms with van der Waals surface area (Å²) in [5.41, 5.74) is 1.71. The zero-order valence-corrected chi connectivity index (χ0v) is 16.8. The van der Waals surface area contributed by atoms with Crippen LogP contribution >= 0.6 is 11.3 Å². The molecule has 0 saturated carbocycles. The van der Waals surface area contributed by atoms with Crippen molar-refractivity contribution >= 4 is 34.4 Å². The molecular formula is C21H20N2O5S. The molecule has 0 aliphatic rings. The SMILES string of the molecule is COC(=O)CCc1ccc(/C=C/C(=O)Nc2nc(-c3ccc(OC)cc3)cs2)o1. The van der Waals surface area contributed by atoms with Gasteiger partial charge in [0.2, 0.25) is 5.91 Å². The van der Waals surface area contributed by atoms with Gasteiger partial charge >= 0.3 is 5.97 Å². The molecule has 150 valence electrons. The van der Waals surface area contributed by atoms with Gasteiger partial charge in [-0.2, -0.15) is 0 Å². The van der Waals surface area contributed by atoms with Gasteiger partial charge < -0.3 is 13.9 Å². The molecule has 3 rings (SSSR count). The van der Waals surface area contributed by atoms with Crippen LogP contribution in [-0.4, -0.2) is 31.1 Å². The molecule has 0 radical (unpaired) electrons. The molecule has 0 unspecified atom stereocenters. The lowest BCUT2D eigenvalue weighted by Gasteiger charge is -2.00. The summed E-state index contributed by atoms with van der Waals surface area (Å²) in [5.74, 6) is 1.34. The standard InChI is InChI=1S/C21H20N2O5S/c1-26-15-5-3-14(4-6-15)18-13-29-21(22-18)23-19(24)11-9-16-7-8-17(28-16)10-12-20(25)27-2/h3-9,11,13H,10,12H2,1-2H3,(H,22,23,24)/b11-9+. The predicted octanol–water partition coefficient (Wildman–Crippen LogP) is 4.17. The molecule has 1 aromatic carbocycles. The first-order valence-corrected chi connectivity index (χ1v) is 9.70. The number of hydrogen-bond donors (Lipinski definition) is 1. The Hall–Kier alpha value is -3.39. The summed E-state index contributed by atoms with van der Waals surface area (Å²) in [6.07, 6.45) is 3.63. The van der Waals surface area contributed by atoms with Crippen molar-refractivity contribution < 1.29 is 23.5 Å². The number of aromatic nitrogens is 1. The number of anilines is 1. The van der Waals surface area contributed by atoms with Gasteiger partial charge in [-0.1, -0.05) is 0 Å². The second-order valence-corrected chi connectivity index (χ2v) is 6.83. The van der Waals surface area contributed by atoms with Crippen molar-refractivity contribution in [3.8, 4) is 17.0 Å². The van der Waals surface area contributed by atoms with Crippen LogP contribution in [0.3, 0.4) is 0 Å². The summed E-state index contributed by atoms with van der Waals surface area (Å²) in [7, 11) is 2.96. The second-order valence-electron chi connectivity index (χ2n) is 5.97. The molecule has 0 aliphatic carbocycles. The van der Waals surface area contributed by atoms with Crippen LogP contribution in [0.15, 0.2) is 52.3 Å². The van der Waals surface area contributed by atoms with E-state index in [0.29, 0.717) is 23.1 Å². The highest BCUT2D eigenvalue weighted by Gasteiger charge is 2.08. The second kappa shape index (κ2) is 9.70. The summed E-state index contributed by atoms with van der Waals surface area (Å²) in [4.78, 5) is 27.7. The molecule has 0 spiro atoms. The Morgan fingerprint density at radius 1 is 1.17 bits per heavy atom. The normalized spacial score (nSPS) is 10.8. The van der Waals surface area contributed by atoms with E-state index in [4.69, 9.17) is 9.15 Å². The number of rotatable bonds is 8. The number of ether oxygens (including phenoxy) is 2. The van der Waals surface area contributed by atoms with E-state index in [1.165, 1.54) is 24.5 Å². The number of methoxy groups -OCH3 is 2. The van der Waals surface area contributed by atoms with E-state index in [1.54, 1.807) is 25.3 Å². The summed E-state index contributed by atoms with van der Waals surface area (Å²) < 4.78 is 15.3. The van der Waals surface area contributed by atoms with Crippen molar-refractivity contribution in [1.29, 1.82) is 0 Å². The fourth-order valence-corrected chi connectivity index (χ4v) is 3.20. The minimum Gasteiger partial charge on any atom is -0.497 e. The largest absolute Gasteiger partial charge is 0.497 e. The van der Waals surface area contributed by atoms with E-state index >= 15 is 0 Å². The highest BCUT2D eigenvalue weighted by Crippen LogP contribution is 2.26. The van der Waals surface area contributed by atoms with E-state index in [1.807, 2.05) is 29.6 Å². The van der Waals surface area contributed by atoms with Crippen LogP contribution in [0.4, 0.5) is 5.13 Å². The fraction of sp³-hybridized carbons (Fsp3) is 0.190. The molecule has 8 heteroatoms. The van der Waals surface area contributed by atoms with Gasteiger partial charge in [-0.3, -0.25) is 14.9 Å². The molecule has 29 heavy (non-hydrogen) atoms. The van der Waals surface area contributed by atoms with Crippen LogP contribution in [0.1, 0.15) is 17.9 Å². The number of nitrogens with zero attached hydrogens (tertiary/aromatic N) is 1. The number of hydrogen-bond acceptors (Lipinski definition) is 7. The molecule has 3 aromatic rings. The van der Waals surface area contributed by atoms with Crippen molar-refractivity contribution in [2.45, 2.75) is 12.8 Å². The number of benzene rings is 1. The first kappa shape index (κ1) is 20.3. The molecule has 1 N–H and O–H groups in total. The Bertz CT molecular complexity index is 1000. The van der Waals surface area contributed by atoms with Gasteiger partial charge in [0.1, 0.15) is 17.3 Å². The van der Waals surface area contributed by atoms with Gasteiger partial charge in [-0.15, -0.1) is 11.3 Å². The molecule has 0 bridgehead atoms. The first-order valence-electron chi connectivity index (χ1n) is 8.82. The monoisotopic (exact) mass is 412 g/mol. The van der Waals surface area contributed by atoms with Crippen molar-refractivity contribution in [2.24, 2.45) is 0 Å². The third-order valence-electron chi connectivity index (χ3n) is 4.00. The number of carbonyl (C=O) groups is 2. The number of carbonyl (C=O) groups excluding carboxylic acids is 2. The zero-order chi connectivity index (χ0) is 20.6. The van der Waals surface area contributed by atoms with E-state index in [0.717, 1.165) is 17.0 Å². The fourth-order valence-electron chi connectivity index (χ4n) is 2.48. The molecule has 0 saturated heterocycles. The molecule has 0 fully saturated rings. The van der Waals surface area contributed by atoms with Crippen LogP contribution in [0, 0.1) is 0 Å². The molecule has 7 nitrogen and oxygen atoms in total. The number of amides is 1. The molecule has 2 heterocycles. The van der Waals surface area contributed by atoms with E-state index in [9.17, 15) is 9.59 Å². The average Bonchev–Trinajstić information content (AvgIpc) is 3.40. The van der Waals surface area contributed by atoms with Gasteiger partial charge in [0.15, 0.2) is 5.13 Å².